The summed E-state index contributed by atoms with van der Waals surface area (Å²) in [5.41, 5.74) is 0.831. The molecular formula is C15H24N2O2S. The van der Waals surface area contributed by atoms with Crippen LogP contribution in [0.5, 0.6) is 0 Å². The number of benzene rings is 1. The Bertz CT molecular complexity index is 537. The maximum atomic E-state index is 12.8. The van der Waals surface area contributed by atoms with E-state index in [0.29, 0.717) is 11.4 Å². The molecule has 1 fully saturated rings. The van der Waals surface area contributed by atoms with E-state index in [2.05, 4.69) is 5.32 Å². The summed E-state index contributed by atoms with van der Waals surface area (Å²) in [6.07, 6.45) is 5.43. The Morgan fingerprint density at radius 2 is 1.85 bits per heavy atom. The van der Waals surface area contributed by atoms with Gasteiger partial charge >= 0.3 is 0 Å². The molecule has 0 atom stereocenters. The van der Waals surface area contributed by atoms with E-state index in [1.807, 2.05) is 19.2 Å². The number of nitrogens with one attached hydrogen (secondary N) is 1. The van der Waals surface area contributed by atoms with Crippen LogP contribution < -0.4 is 5.32 Å². The molecule has 0 aromatic heterocycles. The first kappa shape index (κ1) is 15.5. The first-order chi connectivity index (χ1) is 9.57. The van der Waals surface area contributed by atoms with Gasteiger partial charge in [0.15, 0.2) is 0 Å². The van der Waals surface area contributed by atoms with Crippen LogP contribution in [0.2, 0.25) is 0 Å². The van der Waals surface area contributed by atoms with Gasteiger partial charge in [-0.1, -0.05) is 37.5 Å². The Balaban J connectivity index is 2.29. The molecule has 1 aromatic rings. The summed E-state index contributed by atoms with van der Waals surface area (Å²) < 4.78 is 27.2. The van der Waals surface area contributed by atoms with Crippen LogP contribution in [-0.4, -0.2) is 32.9 Å². The lowest BCUT2D eigenvalue weighted by atomic mass is 9.96. The second kappa shape index (κ2) is 6.70. The zero-order chi connectivity index (χ0) is 14.6. The number of rotatable bonds is 5. The topological polar surface area (TPSA) is 49.4 Å². The molecule has 0 bridgehead atoms. The lowest BCUT2D eigenvalue weighted by Crippen LogP contribution is -2.38. The highest BCUT2D eigenvalue weighted by Gasteiger charge is 2.30. The van der Waals surface area contributed by atoms with E-state index >= 15 is 0 Å². The SMILES string of the molecule is CNCc1ccccc1S(=O)(=O)N(C)C1CCCCC1. The molecule has 4 nitrogen and oxygen atoms in total. The maximum Gasteiger partial charge on any atom is 0.243 e. The molecule has 1 N–H and O–H groups in total. The molecule has 20 heavy (non-hydrogen) atoms. The zero-order valence-corrected chi connectivity index (χ0v) is 13.1. The zero-order valence-electron chi connectivity index (χ0n) is 12.3. The summed E-state index contributed by atoms with van der Waals surface area (Å²) >= 11 is 0. The van der Waals surface area contributed by atoms with Crippen LogP contribution in [-0.2, 0) is 16.6 Å². The van der Waals surface area contributed by atoms with Gasteiger partial charge in [0.1, 0.15) is 0 Å². The summed E-state index contributed by atoms with van der Waals surface area (Å²) in [5.74, 6) is 0. The average molecular weight is 296 g/mol. The lowest BCUT2D eigenvalue weighted by molar-refractivity contribution is 0.285. The van der Waals surface area contributed by atoms with Crippen LogP contribution in [0.3, 0.4) is 0 Å². The predicted molar refractivity (Wildman–Crippen MR) is 81.0 cm³/mol. The summed E-state index contributed by atoms with van der Waals surface area (Å²) in [5, 5.41) is 3.03. The van der Waals surface area contributed by atoms with Crippen molar-refractivity contribution in [2.45, 2.75) is 49.6 Å². The molecule has 0 unspecified atom stereocenters. The summed E-state index contributed by atoms with van der Waals surface area (Å²) in [4.78, 5) is 0.433. The predicted octanol–water partition coefficient (Wildman–Crippen LogP) is 2.36. The molecule has 0 spiro atoms. The summed E-state index contributed by atoms with van der Waals surface area (Å²) in [6.45, 7) is 0.563. The van der Waals surface area contributed by atoms with Crippen molar-refractivity contribution in [2.24, 2.45) is 0 Å². The van der Waals surface area contributed by atoms with Crippen molar-refractivity contribution >= 4 is 10.0 Å². The molecule has 112 valence electrons. The fraction of sp³-hybridized carbons (Fsp3) is 0.600. The fourth-order valence-electron chi connectivity index (χ4n) is 2.89. The third kappa shape index (κ3) is 3.22. The molecule has 2 rings (SSSR count). The van der Waals surface area contributed by atoms with Gasteiger partial charge in [0.25, 0.3) is 0 Å². The Hall–Kier alpha value is -0.910. The van der Waals surface area contributed by atoms with Gasteiger partial charge in [0.05, 0.1) is 4.90 Å². The minimum absolute atomic E-state index is 0.149. The van der Waals surface area contributed by atoms with Crippen LogP contribution >= 0.6 is 0 Å². The monoisotopic (exact) mass is 296 g/mol. The van der Waals surface area contributed by atoms with Crippen LogP contribution in [0, 0.1) is 0 Å². The second-order valence-electron chi connectivity index (χ2n) is 5.45. The molecule has 1 aliphatic carbocycles. The Kier molecular flexibility index (Phi) is 5.18. The molecule has 1 aliphatic rings. The van der Waals surface area contributed by atoms with E-state index in [-0.39, 0.29) is 6.04 Å². The van der Waals surface area contributed by atoms with Gasteiger partial charge < -0.3 is 5.32 Å². The molecule has 0 aliphatic heterocycles. The van der Waals surface area contributed by atoms with Gasteiger partial charge in [0, 0.05) is 19.6 Å². The van der Waals surface area contributed by atoms with Gasteiger partial charge in [-0.2, -0.15) is 4.31 Å². The minimum Gasteiger partial charge on any atom is -0.316 e. The first-order valence-electron chi connectivity index (χ1n) is 7.28. The Morgan fingerprint density at radius 3 is 2.50 bits per heavy atom. The smallest absolute Gasteiger partial charge is 0.243 e. The summed E-state index contributed by atoms with van der Waals surface area (Å²) in [6, 6.07) is 7.41. The van der Waals surface area contributed by atoms with Crippen molar-refractivity contribution in [3.05, 3.63) is 29.8 Å². The molecule has 0 amide bonds. The van der Waals surface area contributed by atoms with E-state index in [1.54, 1.807) is 23.5 Å². The van der Waals surface area contributed by atoms with Crippen molar-refractivity contribution in [1.82, 2.24) is 9.62 Å². The van der Waals surface area contributed by atoms with Crippen molar-refractivity contribution in [2.75, 3.05) is 14.1 Å². The van der Waals surface area contributed by atoms with Gasteiger partial charge in [0.2, 0.25) is 10.0 Å². The van der Waals surface area contributed by atoms with E-state index in [4.69, 9.17) is 0 Å². The molecule has 0 radical (unpaired) electrons. The average Bonchev–Trinajstić information content (AvgIpc) is 2.48. The largest absolute Gasteiger partial charge is 0.316 e. The standard InChI is InChI=1S/C15H24N2O2S/c1-16-12-13-8-6-7-11-15(13)20(18,19)17(2)14-9-4-3-5-10-14/h6-8,11,14,16H,3-5,9-10,12H2,1-2H3. The number of nitrogens with zero attached hydrogens (tertiary/aromatic N) is 1. The third-order valence-corrected chi connectivity index (χ3v) is 6.10. The molecule has 1 saturated carbocycles. The quantitative estimate of drug-likeness (QED) is 0.907. The molecule has 0 heterocycles. The normalized spacial score (nSPS) is 17.6. The van der Waals surface area contributed by atoms with Crippen LogP contribution in [0.25, 0.3) is 0 Å². The number of hydrogen-bond donors (Lipinski definition) is 1. The summed E-state index contributed by atoms with van der Waals surface area (Å²) in [7, 11) is 0.153. The third-order valence-electron chi connectivity index (χ3n) is 4.09. The number of hydrogen-bond acceptors (Lipinski definition) is 3. The fourth-order valence-corrected chi connectivity index (χ4v) is 4.52. The molecule has 1 aromatic carbocycles. The van der Waals surface area contributed by atoms with Gasteiger partial charge in [-0.25, -0.2) is 8.42 Å². The minimum atomic E-state index is -3.40. The van der Waals surface area contributed by atoms with Crippen LogP contribution in [0.4, 0.5) is 0 Å². The van der Waals surface area contributed by atoms with Gasteiger partial charge in [-0.15, -0.1) is 0 Å². The molecular weight excluding hydrogens is 272 g/mol. The Labute approximate surface area is 122 Å². The van der Waals surface area contributed by atoms with E-state index in [1.165, 1.54) is 6.42 Å². The Morgan fingerprint density at radius 1 is 1.20 bits per heavy atom. The van der Waals surface area contributed by atoms with Crippen molar-refractivity contribution in [3.63, 3.8) is 0 Å². The highest BCUT2D eigenvalue weighted by Crippen LogP contribution is 2.27. The van der Waals surface area contributed by atoms with E-state index < -0.39 is 10.0 Å². The lowest BCUT2D eigenvalue weighted by Gasteiger charge is -2.31. The van der Waals surface area contributed by atoms with Crippen molar-refractivity contribution < 1.29 is 8.42 Å². The maximum absolute atomic E-state index is 12.8. The highest BCUT2D eigenvalue weighted by atomic mass is 32.2. The van der Waals surface area contributed by atoms with Gasteiger partial charge in [-0.05, 0) is 31.5 Å². The van der Waals surface area contributed by atoms with Crippen LogP contribution in [0.1, 0.15) is 37.7 Å². The highest BCUT2D eigenvalue weighted by molar-refractivity contribution is 7.89. The van der Waals surface area contributed by atoms with E-state index in [0.717, 1.165) is 31.2 Å². The van der Waals surface area contributed by atoms with Crippen LogP contribution in [0.15, 0.2) is 29.2 Å². The van der Waals surface area contributed by atoms with Gasteiger partial charge in [-0.3, -0.25) is 0 Å². The van der Waals surface area contributed by atoms with E-state index in [9.17, 15) is 8.42 Å². The first-order valence-corrected chi connectivity index (χ1v) is 8.72. The van der Waals surface area contributed by atoms with Crippen molar-refractivity contribution in [1.29, 1.82) is 0 Å². The van der Waals surface area contributed by atoms with Crippen molar-refractivity contribution in [3.8, 4) is 0 Å². The second-order valence-corrected chi connectivity index (χ2v) is 7.42. The number of sulfonamides is 1. The molecule has 5 heteroatoms. The molecule has 0 saturated heterocycles.